The number of aliphatic hydroxyl groups is 1. The summed E-state index contributed by atoms with van der Waals surface area (Å²) in [4.78, 5) is 26.0. The third kappa shape index (κ3) is 5.29. The highest BCUT2D eigenvalue weighted by atomic mass is 32.2. The van der Waals surface area contributed by atoms with Crippen LogP contribution in [0.5, 0.6) is 17.2 Å². The van der Waals surface area contributed by atoms with Gasteiger partial charge in [-0.1, -0.05) is 0 Å². The number of rotatable bonds is 10. The average molecular weight is 469 g/mol. The molecule has 1 aliphatic heterocycles. The van der Waals surface area contributed by atoms with Crippen molar-refractivity contribution in [2.45, 2.75) is 37.5 Å². The van der Waals surface area contributed by atoms with E-state index in [9.17, 15) is 14.7 Å². The highest BCUT2D eigenvalue weighted by Gasteiger charge is 2.37. The molecular formula is C21H28N2O8S. The molecule has 1 aromatic heterocycles. The van der Waals surface area contributed by atoms with E-state index in [1.165, 1.54) is 22.5 Å². The van der Waals surface area contributed by atoms with Gasteiger partial charge in [-0.15, -0.1) is 11.8 Å². The molecule has 1 aromatic carbocycles. The zero-order valence-electron chi connectivity index (χ0n) is 18.5. The Kier molecular flexibility index (Phi) is 8.24. The van der Waals surface area contributed by atoms with Crippen LogP contribution < -0.4 is 25.5 Å². The van der Waals surface area contributed by atoms with Crippen LogP contribution in [0, 0.1) is 6.92 Å². The Morgan fingerprint density at radius 1 is 1.19 bits per heavy atom. The van der Waals surface area contributed by atoms with E-state index in [0.717, 1.165) is 5.56 Å². The Balaban J connectivity index is 1.62. The molecule has 2 aromatic rings. The van der Waals surface area contributed by atoms with Crippen molar-refractivity contribution in [2.75, 3.05) is 33.9 Å². The molecule has 0 amide bonds. The predicted molar refractivity (Wildman–Crippen MR) is 119 cm³/mol. The van der Waals surface area contributed by atoms with Crippen LogP contribution in [0.1, 0.15) is 23.8 Å². The molecule has 1 saturated heterocycles. The van der Waals surface area contributed by atoms with Crippen molar-refractivity contribution in [3.63, 3.8) is 0 Å². The van der Waals surface area contributed by atoms with Crippen molar-refractivity contribution in [2.24, 2.45) is 0 Å². The van der Waals surface area contributed by atoms with E-state index in [0.29, 0.717) is 40.9 Å². The maximum absolute atomic E-state index is 12.2. The molecule has 10 nitrogen and oxygen atoms in total. The molecular weight excluding hydrogens is 440 g/mol. The van der Waals surface area contributed by atoms with Crippen LogP contribution in [-0.4, -0.2) is 60.7 Å². The molecule has 3 rings (SSSR count). The summed E-state index contributed by atoms with van der Waals surface area (Å²) >= 11 is 1.51. The van der Waals surface area contributed by atoms with Crippen molar-refractivity contribution < 1.29 is 28.8 Å². The van der Waals surface area contributed by atoms with E-state index < -0.39 is 29.7 Å². The second-order valence-electron chi connectivity index (χ2n) is 7.21. The largest absolute Gasteiger partial charge is 0.496 e. The first-order chi connectivity index (χ1) is 15.4. The number of aryl methyl sites for hydroxylation is 1. The van der Waals surface area contributed by atoms with E-state index in [-0.39, 0.29) is 6.61 Å². The molecule has 0 radical (unpaired) electrons. The lowest BCUT2D eigenvalue weighted by molar-refractivity contribution is -0.0555. The molecule has 1 fully saturated rings. The minimum absolute atomic E-state index is 0.247. The first-order valence-corrected chi connectivity index (χ1v) is 11.1. The number of nitrogens with one attached hydrogen (secondary N) is 1. The Morgan fingerprint density at radius 3 is 2.47 bits per heavy atom. The first-order valence-electron chi connectivity index (χ1n) is 9.98. The zero-order chi connectivity index (χ0) is 23.3. The molecule has 2 N–H and O–H groups in total. The van der Waals surface area contributed by atoms with Gasteiger partial charge in [0.25, 0.3) is 5.56 Å². The zero-order valence-corrected chi connectivity index (χ0v) is 19.3. The standard InChI is InChI=1S/C21H28N2O8S/c1-12-8-23(21(26)22-20(12)25)19-7-17(18(9-24)31-19)30-11-32-10-14-15(28-3)5-13(27-2)6-16(14)29-4/h5-6,8,17-19,24H,7,9-11H2,1-4H3,(H,22,25,26)/t17-,18-,19-/m1/s1. The van der Waals surface area contributed by atoms with Crippen molar-refractivity contribution in [3.8, 4) is 17.2 Å². The highest BCUT2D eigenvalue weighted by Crippen LogP contribution is 2.37. The summed E-state index contributed by atoms with van der Waals surface area (Å²) in [6.45, 7) is 1.36. The van der Waals surface area contributed by atoms with Gasteiger partial charge in [-0.3, -0.25) is 14.3 Å². The molecule has 32 heavy (non-hydrogen) atoms. The van der Waals surface area contributed by atoms with Gasteiger partial charge in [-0.05, 0) is 6.92 Å². The minimum Gasteiger partial charge on any atom is -0.496 e. The molecule has 2 heterocycles. The van der Waals surface area contributed by atoms with E-state index in [4.69, 9.17) is 23.7 Å². The number of ether oxygens (including phenoxy) is 5. The van der Waals surface area contributed by atoms with E-state index in [2.05, 4.69) is 4.98 Å². The average Bonchev–Trinajstić information content (AvgIpc) is 3.21. The smallest absolute Gasteiger partial charge is 0.330 e. The molecule has 0 saturated carbocycles. The summed E-state index contributed by atoms with van der Waals surface area (Å²) < 4.78 is 29.3. The topological polar surface area (TPSA) is 121 Å². The SMILES string of the molecule is COc1cc(OC)c(CSCO[C@@H]2C[C@H](n3cc(C)c(=O)[nH]c3=O)O[C@@H]2CO)c(OC)c1. The van der Waals surface area contributed by atoms with Crippen LogP contribution >= 0.6 is 11.8 Å². The number of aliphatic hydroxyl groups excluding tert-OH is 1. The van der Waals surface area contributed by atoms with Crippen molar-refractivity contribution in [1.82, 2.24) is 9.55 Å². The van der Waals surface area contributed by atoms with Gasteiger partial charge < -0.3 is 28.8 Å². The molecule has 0 spiro atoms. The fourth-order valence-electron chi connectivity index (χ4n) is 3.51. The molecule has 176 valence electrons. The lowest BCUT2D eigenvalue weighted by Crippen LogP contribution is -2.33. The van der Waals surface area contributed by atoms with Crippen LogP contribution in [0.4, 0.5) is 0 Å². The van der Waals surface area contributed by atoms with Crippen molar-refractivity contribution in [1.29, 1.82) is 0 Å². The number of thioether (sulfide) groups is 1. The summed E-state index contributed by atoms with van der Waals surface area (Å²) in [6, 6.07) is 3.58. The fraction of sp³-hybridized carbons (Fsp3) is 0.524. The van der Waals surface area contributed by atoms with Crippen molar-refractivity contribution >= 4 is 11.8 Å². The minimum atomic E-state index is -0.632. The van der Waals surface area contributed by atoms with Gasteiger partial charge in [0.1, 0.15) is 29.6 Å². The highest BCUT2D eigenvalue weighted by molar-refractivity contribution is 7.98. The Hall–Kier alpha value is -2.47. The van der Waals surface area contributed by atoms with Gasteiger partial charge in [0.2, 0.25) is 0 Å². The summed E-state index contributed by atoms with van der Waals surface area (Å²) in [5.74, 6) is 2.83. The number of aromatic nitrogens is 2. The number of hydrogen-bond acceptors (Lipinski definition) is 9. The summed E-state index contributed by atoms with van der Waals surface area (Å²) in [5, 5.41) is 9.69. The third-order valence-electron chi connectivity index (χ3n) is 5.25. The predicted octanol–water partition coefficient (Wildman–Crippen LogP) is 1.43. The van der Waals surface area contributed by atoms with Crippen molar-refractivity contribution in [3.05, 3.63) is 50.3 Å². The number of benzene rings is 1. The number of hydrogen-bond donors (Lipinski definition) is 2. The summed E-state index contributed by atoms with van der Waals surface area (Å²) in [5.41, 5.74) is 0.280. The van der Waals surface area contributed by atoms with E-state index in [1.807, 2.05) is 0 Å². The fourth-order valence-corrected chi connectivity index (χ4v) is 4.35. The molecule has 0 bridgehead atoms. The van der Waals surface area contributed by atoms with Gasteiger partial charge in [0, 0.05) is 41.6 Å². The van der Waals surface area contributed by atoms with Gasteiger partial charge in [0.05, 0.1) is 40.0 Å². The molecule has 1 aliphatic rings. The Morgan fingerprint density at radius 2 is 1.88 bits per heavy atom. The Labute approximate surface area is 189 Å². The number of methoxy groups -OCH3 is 3. The number of aromatic amines is 1. The maximum Gasteiger partial charge on any atom is 0.330 e. The van der Waals surface area contributed by atoms with Gasteiger partial charge >= 0.3 is 5.69 Å². The monoisotopic (exact) mass is 468 g/mol. The van der Waals surface area contributed by atoms with E-state index in [1.54, 1.807) is 40.4 Å². The third-order valence-corrected chi connectivity index (χ3v) is 6.04. The molecule has 0 aliphatic carbocycles. The quantitative estimate of drug-likeness (QED) is 0.394. The summed E-state index contributed by atoms with van der Waals surface area (Å²) in [6.07, 6.45) is 0.208. The molecule has 3 atom stereocenters. The lowest BCUT2D eigenvalue weighted by Gasteiger charge is -2.17. The normalized spacial score (nSPS) is 20.3. The van der Waals surface area contributed by atoms with Crippen LogP contribution in [0.15, 0.2) is 27.9 Å². The molecule has 0 unspecified atom stereocenters. The first kappa shape index (κ1) is 24.2. The van der Waals surface area contributed by atoms with Gasteiger partial charge in [0.15, 0.2) is 0 Å². The van der Waals surface area contributed by atoms with Crippen LogP contribution in [0.3, 0.4) is 0 Å². The maximum atomic E-state index is 12.2. The van der Waals surface area contributed by atoms with Crippen LogP contribution in [0.2, 0.25) is 0 Å². The van der Waals surface area contributed by atoms with Crippen LogP contribution in [0.25, 0.3) is 0 Å². The van der Waals surface area contributed by atoms with Gasteiger partial charge in [-0.2, -0.15) is 0 Å². The Bertz CT molecular complexity index is 1010. The number of H-pyrrole nitrogens is 1. The lowest BCUT2D eigenvalue weighted by atomic mass is 10.2. The van der Waals surface area contributed by atoms with Gasteiger partial charge in [-0.25, -0.2) is 4.79 Å². The second kappa shape index (κ2) is 10.9. The summed E-state index contributed by atoms with van der Waals surface area (Å²) in [7, 11) is 4.75. The van der Waals surface area contributed by atoms with E-state index >= 15 is 0 Å². The van der Waals surface area contributed by atoms with Crippen LogP contribution in [-0.2, 0) is 15.2 Å². The number of nitrogens with zero attached hydrogens (tertiary/aromatic N) is 1. The molecule has 11 heteroatoms. The second-order valence-corrected chi connectivity index (χ2v) is 8.14.